The van der Waals surface area contributed by atoms with Crippen molar-refractivity contribution in [1.29, 1.82) is 0 Å². The van der Waals surface area contributed by atoms with Gasteiger partial charge in [0.15, 0.2) is 0 Å². The van der Waals surface area contributed by atoms with Crippen molar-refractivity contribution in [2.24, 2.45) is 0 Å². The third kappa shape index (κ3) is 3.46. The number of hydrogen-bond acceptors (Lipinski definition) is 5. The number of urea groups is 1. The van der Waals surface area contributed by atoms with Crippen LogP contribution in [0, 0.1) is 6.92 Å². The summed E-state index contributed by atoms with van der Waals surface area (Å²) in [6, 6.07) is 11.2. The first kappa shape index (κ1) is 20.1. The zero-order valence-electron chi connectivity index (χ0n) is 17.3. The maximum Gasteiger partial charge on any atom is 0.327 e. The van der Waals surface area contributed by atoms with Crippen LogP contribution >= 0.6 is 0 Å². The number of likely N-dealkylation sites (tertiary alicyclic amines) is 1. The highest BCUT2D eigenvalue weighted by atomic mass is 16.5. The molecule has 3 heterocycles. The molecule has 2 aromatic rings. The second kappa shape index (κ2) is 7.93. The zero-order chi connectivity index (χ0) is 21.3. The van der Waals surface area contributed by atoms with Crippen LogP contribution in [0.15, 0.2) is 40.9 Å². The van der Waals surface area contributed by atoms with E-state index in [1.54, 1.807) is 15.9 Å². The molecule has 0 bridgehead atoms. The average molecular weight is 410 g/mol. The Hall–Kier alpha value is -3.16. The first-order valence-corrected chi connectivity index (χ1v) is 10.3. The van der Waals surface area contributed by atoms with Gasteiger partial charge >= 0.3 is 6.03 Å². The number of aryl methyl sites for hydroxylation is 1. The maximum atomic E-state index is 13.2. The van der Waals surface area contributed by atoms with Crippen LogP contribution in [0.1, 0.15) is 36.8 Å². The number of amides is 4. The highest BCUT2D eigenvalue weighted by Crippen LogP contribution is 2.38. The van der Waals surface area contributed by atoms with Crippen LogP contribution in [0.5, 0.6) is 0 Å². The number of piperidine rings is 1. The highest BCUT2D eigenvalue weighted by Gasteiger charge is 2.57. The normalized spacial score (nSPS) is 18.5. The molecular formula is C22H26N4O4. The molecule has 4 amide bonds. The minimum atomic E-state index is -0.886. The van der Waals surface area contributed by atoms with Crippen molar-refractivity contribution in [3.05, 3.63) is 53.4 Å². The van der Waals surface area contributed by atoms with Gasteiger partial charge in [-0.15, -0.1) is 0 Å². The monoisotopic (exact) mass is 410 g/mol. The predicted molar refractivity (Wildman–Crippen MR) is 108 cm³/mol. The number of carbonyl (C=O) groups excluding carboxylic acids is 3. The van der Waals surface area contributed by atoms with E-state index < -0.39 is 5.54 Å². The number of nitrogens with zero attached hydrogens (tertiary/aromatic N) is 4. The van der Waals surface area contributed by atoms with Crippen LogP contribution in [0.25, 0.3) is 0 Å². The molecule has 1 spiro atoms. The molecular weight excluding hydrogens is 384 g/mol. The molecule has 8 heteroatoms. The van der Waals surface area contributed by atoms with E-state index in [0.29, 0.717) is 44.8 Å². The van der Waals surface area contributed by atoms with Crippen LogP contribution in [0.4, 0.5) is 4.79 Å². The van der Waals surface area contributed by atoms with E-state index in [-0.39, 0.29) is 24.3 Å². The van der Waals surface area contributed by atoms with Gasteiger partial charge in [0.2, 0.25) is 5.91 Å². The van der Waals surface area contributed by atoms with Gasteiger partial charge < -0.3 is 14.3 Å². The topological polar surface area (TPSA) is 87.0 Å². The van der Waals surface area contributed by atoms with Crippen molar-refractivity contribution in [3.63, 3.8) is 0 Å². The summed E-state index contributed by atoms with van der Waals surface area (Å²) < 4.78 is 5.15. The van der Waals surface area contributed by atoms with Crippen LogP contribution in [-0.4, -0.2) is 62.9 Å². The van der Waals surface area contributed by atoms with Crippen LogP contribution < -0.4 is 0 Å². The Bertz CT molecular complexity index is 947. The second-order valence-corrected chi connectivity index (χ2v) is 7.93. The van der Waals surface area contributed by atoms with Gasteiger partial charge in [-0.1, -0.05) is 35.5 Å². The van der Waals surface area contributed by atoms with Gasteiger partial charge in [0.25, 0.3) is 5.91 Å². The quantitative estimate of drug-likeness (QED) is 0.707. The molecule has 1 aromatic carbocycles. The van der Waals surface area contributed by atoms with E-state index in [0.717, 1.165) is 11.3 Å². The summed E-state index contributed by atoms with van der Waals surface area (Å²) >= 11 is 0. The molecule has 0 atom stereocenters. The summed E-state index contributed by atoms with van der Waals surface area (Å²) in [6.07, 6.45) is 1.01. The minimum absolute atomic E-state index is 0.0558. The van der Waals surface area contributed by atoms with Crippen molar-refractivity contribution in [3.8, 4) is 0 Å². The fraction of sp³-hybridized carbons (Fsp3) is 0.455. The van der Waals surface area contributed by atoms with Crippen molar-refractivity contribution < 1.29 is 18.9 Å². The summed E-state index contributed by atoms with van der Waals surface area (Å²) in [5.41, 5.74) is 0.833. The van der Waals surface area contributed by atoms with E-state index in [2.05, 4.69) is 5.16 Å². The summed E-state index contributed by atoms with van der Waals surface area (Å²) in [5, 5.41) is 3.82. The molecule has 30 heavy (non-hydrogen) atoms. The Morgan fingerprint density at radius 1 is 1.17 bits per heavy atom. The molecule has 0 saturated carbocycles. The Morgan fingerprint density at radius 3 is 2.47 bits per heavy atom. The number of hydrogen-bond donors (Lipinski definition) is 0. The predicted octanol–water partition coefficient (Wildman–Crippen LogP) is 2.37. The lowest BCUT2D eigenvalue weighted by atomic mass is 9.85. The molecule has 0 N–H and O–H groups in total. The van der Waals surface area contributed by atoms with Crippen molar-refractivity contribution >= 4 is 17.8 Å². The first-order valence-electron chi connectivity index (χ1n) is 10.3. The van der Waals surface area contributed by atoms with Gasteiger partial charge in [0.1, 0.15) is 11.3 Å². The SMILES string of the molecule is CCN1C(=O)N(Cc2ccccc2)C2(CCN(C(=O)Cc3cc(C)no3)CC2)C1=O. The second-order valence-electron chi connectivity index (χ2n) is 7.93. The molecule has 8 nitrogen and oxygen atoms in total. The van der Waals surface area contributed by atoms with Gasteiger partial charge in [0, 0.05) is 32.2 Å². The van der Waals surface area contributed by atoms with E-state index in [1.165, 1.54) is 4.90 Å². The molecule has 0 unspecified atom stereocenters. The number of carbonyl (C=O) groups is 3. The van der Waals surface area contributed by atoms with Gasteiger partial charge in [-0.05, 0) is 32.3 Å². The van der Waals surface area contributed by atoms with Gasteiger partial charge in [-0.2, -0.15) is 0 Å². The lowest BCUT2D eigenvalue weighted by Gasteiger charge is -2.42. The molecule has 2 fully saturated rings. The lowest BCUT2D eigenvalue weighted by Crippen LogP contribution is -2.57. The van der Waals surface area contributed by atoms with E-state index >= 15 is 0 Å². The number of aromatic nitrogens is 1. The Kier molecular flexibility index (Phi) is 5.32. The largest absolute Gasteiger partial charge is 0.361 e. The average Bonchev–Trinajstić information content (AvgIpc) is 3.24. The Morgan fingerprint density at radius 2 is 1.87 bits per heavy atom. The smallest absolute Gasteiger partial charge is 0.327 e. The molecule has 2 aliphatic heterocycles. The fourth-order valence-corrected chi connectivity index (χ4v) is 4.42. The molecule has 0 radical (unpaired) electrons. The van der Waals surface area contributed by atoms with Crippen LogP contribution in [-0.2, 0) is 22.6 Å². The number of rotatable bonds is 5. The molecule has 0 aliphatic carbocycles. The van der Waals surface area contributed by atoms with E-state index in [1.807, 2.05) is 44.2 Å². The van der Waals surface area contributed by atoms with Crippen molar-refractivity contribution in [2.45, 2.75) is 45.2 Å². The van der Waals surface area contributed by atoms with E-state index in [4.69, 9.17) is 4.52 Å². The molecule has 4 rings (SSSR count). The lowest BCUT2D eigenvalue weighted by molar-refractivity contribution is -0.141. The molecule has 2 aliphatic rings. The van der Waals surface area contributed by atoms with Crippen molar-refractivity contribution in [2.75, 3.05) is 19.6 Å². The molecule has 158 valence electrons. The molecule has 2 saturated heterocycles. The van der Waals surface area contributed by atoms with Crippen LogP contribution in [0.3, 0.4) is 0 Å². The standard InChI is InChI=1S/C22H26N4O4/c1-3-25-20(28)22(26(21(25)29)15-17-7-5-4-6-8-17)9-11-24(12-10-22)19(27)14-18-13-16(2)23-30-18/h4-8,13H,3,9-12,14-15H2,1-2H3. The summed E-state index contributed by atoms with van der Waals surface area (Å²) in [6.45, 7) is 5.20. The van der Waals surface area contributed by atoms with Crippen LogP contribution in [0.2, 0.25) is 0 Å². The third-order valence-electron chi connectivity index (χ3n) is 6.07. The van der Waals surface area contributed by atoms with Gasteiger partial charge in [0.05, 0.1) is 12.1 Å². The Balaban J connectivity index is 1.50. The van der Waals surface area contributed by atoms with Crippen molar-refractivity contribution in [1.82, 2.24) is 19.9 Å². The number of imide groups is 1. The fourth-order valence-electron chi connectivity index (χ4n) is 4.42. The summed E-state index contributed by atoms with van der Waals surface area (Å²) in [4.78, 5) is 43.7. The zero-order valence-corrected chi connectivity index (χ0v) is 17.3. The summed E-state index contributed by atoms with van der Waals surface area (Å²) in [5.74, 6) is 0.330. The maximum absolute atomic E-state index is 13.2. The number of benzene rings is 1. The van der Waals surface area contributed by atoms with Gasteiger partial charge in [-0.25, -0.2) is 4.79 Å². The highest BCUT2D eigenvalue weighted by molar-refractivity contribution is 6.07. The first-order chi connectivity index (χ1) is 14.4. The minimum Gasteiger partial charge on any atom is -0.361 e. The third-order valence-corrected chi connectivity index (χ3v) is 6.07. The number of likely N-dealkylation sites (N-methyl/N-ethyl adjacent to an activating group) is 1. The van der Waals surface area contributed by atoms with E-state index in [9.17, 15) is 14.4 Å². The Labute approximate surface area is 175 Å². The van der Waals surface area contributed by atoms with Gasteiger partial charge in [-0.3, -0.25) is 14.5 Å². The molecule has 1 aromatic heterocycles. The summed E-state index contributed by atoms with van der Waals surface area (Å²) in [7, 11) is 0.